The Balaban J connectivity index is 3.36. The van der Waals surface area contributed by atoms with Crippen LogP contribution >= 0.6 is 0 Å². The molecule has 0 amide bonds. The Morgan fingerprint density at radius 1 is 1.56 bits per heavy atom. The van der Waals surface area contributed by atoms with E-state index in [0.717, 1.165) is 0 Å². The van der Waals surface area contributed by atoms with Crippen LogP contribution in [0.1, 0.15) is 13.8 Å². The molecule has 9 heavy (non-hydrogen) atoms. The summed E-state index contributed by atoms with van der Waals surface area (Å²) in [7, 11) is 0. The highest BCUT2D eigenvalue weighted by Gasteiger charge is 2.10. The first-order chi connectivity index (χ1) is 4.06. The van der Waals surface area contributed by atoms with Crippen LogP contribution in [0.2, 0.25) is 0 Å². The average Bonchev–Trinajstić information content (AvgIpc) is 1.63. The Hall–Kier alpha value is -0.560. The Labute approximate surface area is 54.7 Å². The Morgan fingerprint density at radius 3 is 2.44 bits per heavy atom. The minimum absolute atomic E-state index is 0.292. The summed E-state index contributed by atoms with van der Waals surface area (Å²) in [6.45, 7) is 3.22. The molecule has 0 aliphatic carbocycles. The SMILES string of the molecule is CC#CCNC(C)(O)O. The van der Waals surface area contributed by atoms with E-state index in [0.29, 0.717) is 6.54 Å². The van der Waals surface area contributed by atoms with Crippen molar-refractivity contribution < 1.29 is 10.2 Å². The third-order valence-electron chi connectivity index (χ3n) is 0.688. The minimum atomic E-state index is -1.80. The highest BCUT2D eigenvalue weighted by molar-refractivity contribution is 4.97. The van der Waals surface area contributed by atoms with E-state index < -0.39 is 5.91 Å². The Kier molecular flexibility index (Phi) is 3.25. The van der Waals surface area contributed by atoms with Crippen molar-refractivity contribution in [2.24, 2.45) is 0 Å². The van der Waals surface area contributed by atoms with E-state index >= 15 is 0 Å². The molecule has 0 saturated carbocycles. The summed E-state index contributed by atoms with van der Waals surface area (Å²) in [6.07, 6.45) is 0. The van der Waals surface area contributed by atoms with Gasteiger partial charge in [-0.2, -0.15) is 0 Å². The lowest BCUT2D eigenvalue weighted by Crippen LogP contribution is -2.41. The fourth-order valence-corrected chi connectivity index (χ4v) is 0.300. The third-order valence-corrected chi connectivity index (χ3v) is 0.688. The van der Waals surface area contributed by atoms with Gasteiger partial charge in [-0.25, -0.2) is 0 Å². The fourth-order valence-electron chi connectivity index (χ4n) is 0.300. The van der Waals surface area contributed by atoms with Crippen molar-refractivity contribution in [1.29, 1.82) is 0 Å². The zero-order valence-corrected chi connectivity index (χ0v) is 5.60. The van der Waals surface area contributed by atoms with Gasteiger partial charge in [0.05, 0.1) is 6.54 Å². The first-order valence-electron chi connectivity index (χ1n) is 2.65. The van der Waals surface area contributed by atoms with E-state index in [2.05, 4.69) is 17.2 Å². The second-order valence-corrected chi connectivity index (χ2v) is 1.80. The zero-order chi connectivity index (χ0) is 7.33. The van der Waals surface area contributed by atoms with Gasteiger partial charge in [-0.1, -0.05) is 5.92 Å². The molecule has 0 aliphatic heterocycles. The van der Waals surface area contributed by atoms with Gasteiger partial charge in [0.15, 0.2) is 0 Å². The summed E-state index contributed by atoms with van der Waals surface area (Å²) >= 11 is 0. The molecule has 0 spiro atoms. The van der Waals surface area contributed by atoms with Crippen LogP contribution in [0.15, 0.2) is 0 Å². The van der Waals surface area contributed by atoms with Gasteiger partial charge in [0, 0.05) is 6.92 Å². The molecule has 0 saturated heterocycles. The van der Waals surface area contributed by atoms with E-state index in [9.17, 15) is 0 Å². The van der Waals surface area contributed by atoms with Crippen LogP contribution in [-0.2, 0) is 0 Å². The number of hydrogen-bond acceptors (Lipinski definition) is 3. The smallest absolute Gasteiger partial charge is 0.220 e. The van der Waals surface area contributed by atoms with Crippen molar-refractivity contribution in [3.05, 3.63) is 0 Å². The van der Waals surface area contributed by atoms with Crippen LogP contribution in [0.3, 0.4) is 0 Å². The maximum Gasteiger partial charge on any atom is 0.220 e. The van der Waals surface area contributed by atoms with Gasteiger partial charge in [-0.15, -0.1) is 5.92 Å². The third kappa shape index (κ3) is 7.44. The van der Waals surface area contributed by atoms with Crippen LogP contribution in [0.4, 0.5) is 0 Å². The lowest BCUT2D eigenvalue weighted by atomic mass is 10.5. The van der Waals surface area contributed by atoms with Crippen molar-refractivity contribution in [3.8, 4) is 11.8 Å². The number of aliphatic hydroxyl groups is 2. The molecule has 0 atom stereocenters. The van der Waals surface area contributed by atoms with Crippen LogP contribution in [-0.4, -0.2) is 22.7 Å². The molecule has 0 heterocycles. The lowest BCUT2D eigenvalue weighted by molar-refractivity contribution is -0.167. The molecule has 0 rings (SSSR count). The molecule has 3 N–H and O–H groups in total. The molecule has 0 aromatic heterocycles. The molecular weight excluding hydrogens is 118 g/mol. The zero-order valence-electron chi connectivity index (χ0n) is 5.60. The molecule has 3 nitrogen and oxygen atoms in total. The number of hydrogen-bond donors (Lipinski definition) is 3. The van der Waals surface area contributed by atoms with Crippen LogP contribution < -0.4 is 5.32 Å². The van der Waals surface area contributed by atoms with Crippen molar-refractivity contribution in [3.63, 3.8) is 0 Å². The quantitative estimate of drug-likeness (QED) is 0.340. The summed E-state index contributed by atoms with van der Waals surface area (Å²) in [5.74, 6) is 3.43. The van der Waals surface area contributed by atoms with Gasteiger partial charge in [0.25, 0.3) is 0 Å². The molecule has 0 bridgehead atoms. The standard InChI is InChI=1S/C6H11NO2/c1-3-4-5-7-6(2,8)9/h7-9H,5H2,1-2H3. The van der Waals surface area contributed by atoms with Gasteiger partial charge in [0.2, 0.25) is 5.91 Å². The maximum atomic E-state index is 8.62. The van der Waals surface area contributed by atoms with E-state index in [1.54, 1.807) is 6.92 Å². The summed E-state index contributed by atoms with van der Waals surface area (Å²) in [4.78, 5) is 0. The first-order valence-corrected chi connectivity index (χ1v) is 2.65. The highest BCUT2D eigenvalue weighted by Crippen LogP contribution is 1.86. The summed E-state index contributed by atoms with van der Waals surface area (Å²) in [5.41, 5.74) is 0. The van der Waals surface area contributed by atoms with Gasteiger partial charge in [-0.3, -0.25) is 5.32 Å². The molecule has 52 valence electrons. The number of nitrogens with one attached hydrogen (secondary N) is 1. The fraction of sp³-hybridized carbons (Fsp3) is 0.667. The molecule has 0 unspecified atom stereocenters. The lowest BCUT2D eigenvalue weighted by Gasteiger charge is -2.14. The Morgan fingerprint density at radius 2 is 2.11 bits per heavy atom. The molecule has 0 aromatic rings. The molecule has 0 fully saturated rings. The second kappa shape index (κ2) is 3.46. The van der Waals surface area contributed by atoms with Crippen molar-refractivity contribution >= 4 is 0 Å². The Bertz CT molecular complexity index is 126. The van der Waals surface area contributed by atoms with Gasteiger partial charge in [0.1, 0.15) is 0 Å². The maximum absolute atomic E-state index is 8.62. The monoisotopic (exact) mass is 129 g/mol. The minimum Gasteiger partial charge on any atom is -0.354 e. The van der Waals surface area contributed by atoms with Crippen LogP contribution in [0.5, 0.6) is 0 Å². The van der Waals surface area contributed by atoms with E-state index in [1.807, 2.05) is 0 Å². The number of rotatable bonds is 2. The highest BCUT2D eigenvalue weighted by atomic mass is 16.5. The topological polar surface area (TPSA) is 52.5 Å². The van der Waals surface area contributed by atoms with E-state index in [-0.39, 0.29) is 0 Å². The van der Waals surface area contributed by atoms with Gasteiger partial charge in [-0.05, 0) is 6.92 Å². The molecular formula is C6H11NO2. The molecule has 0 aliphatic rings. The summed E-state index contributed by atoms with van der Waals surface area (Å²) in [5, 5.41) is 19.6. The van der Waals surface area contributed by atoms with E-state index in [1.165, 1.54) is 6.92 Å². The normalized spacial score (nSPS) is 10.2. The predicted octanol–water partition coefficient (Wildman–Crippen LogP) is -0.742. The van der Waals surface area contributed by atoms with Gasteiger partial charge < -0.3 is 10.2 Å². The van der Waals surface area contributed by atoms with Gasteiger partial charge >= 0.3 is 0 Å². The summed E-state index contributed by atoms with van der Waals surface area (Å²) in [6, 6.07) is 0. The van der Waals surface area contributed by atoms with Crippen LogP contribution in [0.25, 0.3) is 0 Å². The molecule has 0 radical (unpaired) electrons. The molecule has 0 aromatic carbocycles. The van der Waals surface area contributed by atoms with Crippen molar-refractivity contribution in [2.75, 3.05) is 6.54 Å². The van der Waals surface area contributed by atoms with Crippen molar-refractivity contribution in [1.82, 2.24) is 5.32 Å². The average molecular weight is 129 g/mol. The predicted molar refractivity (Wildman–Crippen MR) is 34.3 cm³/mol. The van der Waals surface area contributed by atoms with E-state index in [4.69, 9.17) is 10.2 Å². The van der Waals surface area contributed by atoms with Crippen LogP contribution in [0, 0.1) is 11.8 Å². The van der Waals surface area contributed by atoms with Crippen molar-refractivity contribution in [2.45, 2.75) is 19.8 Å². The second-order valence-electron chi connectivity index (χ2n) is 1.80. The summed E-state index contributed by atoms with van der Waals surface area (Å²) < 4.78 is 0. The molecule has 3 heteroatoms. The first kappa shape index (κ1) is 8.44. The largest absolute Gasteiger partial charge is 0.354 e.